The lowest BCUT2D eigenvalue weighted by molar-refractivity contribution is 0.283. The standard InChI is InChI=1S/C37H29ClN10O22S7/c38-35-42-36(40-18-4-7-20(8-5-18)71(50,51)13-12-70-77(67,68)69)44-37(43-35)41-19-6-11-26(73(55,56)57)24(16-19)46-47-31-27(74(58,59)60)14-17-15-28(75(61,62)63)32(33(49)29(17)30(31)39)48-45-23-10-9-21-22(34(23)76(64,65)66)2-1-3-25(21)72(52,53)54/h1-11,14-16,49H,12-13,39H2,(H,52,53,54)(H,55,56,57)(H,58,59,60)(H,61,62,63)(H,64,65,66)(H,67,68,69)(H2,40,41,42,43,44)/b47-46+,48-45+. The molecule has 40 heteroatoms. The Hall–Kier alpha value is -7.09. The van der Waals surface area contributed by atoms with Crippen LogP contribution in [0.25, 0.3) is 21.5 Å². The van der Waals surface area contributed by atoms with Crippen molar-refractivity contribution in [3.05, 3.63) is 90.2 Å². The number of nitrogen functional groups attached to an aromatic ring is 1. The molecule has 1 heterocycles. The molecule has 0 amide bonds. The van der Waals surface area contributed by atoms with Gasteiger partial charge in [0.05, 0.1) is 28.3 Å². The van der Waals surface area contributed by atoms with E-state index in [0.29, 0.717) is 12.1 Å². The van der Waals surface area contributed by atoms with Crippen LogP contribution in [0.5, 0.6) is 5.75 Å². The first-order valence-corrected chi connectivity index (χ1v) is 30.4. The van der Waals surface area contributed by atoms with Gasteiger partial charge in [0.25, 0.3) is 50.6 Å². The van der Waals surface area contributed by atoms with Gasteiger partial charge in [-0.25, -0.2) is 12.6 Å². The van der Waals surface area contributed by atoms with E-state index in [-0.39, 0.29) is 28.2 Å². The Morgan fingerprint density at radius 1 is 0.545 bits per heavy atom. The quantitative estimate of drug-likeness (QED) is 0.0297. The second kappa shape index (κ2) is 20.7. The monoisotopic (exact) mass is 1220 g/mol. The maximum Gasteiger partial charge on any atom is 0.397 e. The molecule has 1 aromatic heterocycles. The average molecular weight is 1230 g/mol. The minimum atomic E-state index is -5.56. The Morgan fingerprint density at radius 2 is 1.08 bits per heavy atom. The second-order valence-corrected chi connectivity index (χ2v) is 25.6. The Balaban J connectivity index is 1.29. The first-order chi connectivity index (χ1) is 35.4. The largest absolute Gasteiger partial charge is 0.505 e. The smallest absolute Gasteiger partial charge is 0.397 e. The van der Waals surface area contributed by atoms with Crippen LogP contribution in [0.15, 0.2) is 135 Å². The lowest BCUT2D eigenvalue weighted by atomic mass is 10.1. The van der Waals surface area contributed by atoms with Gasteiger partial charge in [0.15, 0.2) is 15.6 Å². The summed E-state index contributed by atoms with van der Waals surface area (Å²) in [6.07, 6.45) is 0. The van der Waals surface area contributed by atoms with Crippen LogP contribution in [0.4, 0.5) is 51.7 Å². The molecule has 0 saturated heterocycles. The summed E-state index contributed by atoms with van der Waals surface area (Å²) < 4.78 is 235. The maximum absolute atomic E-state index is 12.8. The number of rotatable bonds is 18. The highest BCUT2D eigenvalue weighted by Gasteiger charge is 2.30. The van der Waals surface area contributed by atoms with Crippen molar-refractivity contribution in [1.29, 1.82) is 0 Å². The molecule has 0 spiro atoms. The van der Waals surface area contributed by atoms with Gasteiger partial charge in [-0.05, 0) is 83.7 Å². The molecular weight excluding hydrogens is 1200 g/mol. The van der Waals surface area contributed by atoms with Gasteiger partial charge in [0.2, 0.25) is 17.2 Å². The molecule has 32 nitrogen and oxygen atoms in total. The highest BCUT2D eigenvalue weighted by atomic mass is 35.5. The van der Waals surface area contributed by atoms with Crippen molar-refractivity contribution in [1.82, 2.24) is 15.0 Å². The number of phenolic OH excluding ortho intramolecular Hbond substituents is 1. The highest BCUT2D eigenvalue weighted by molar-refractivity contribution is 7.91. The molecule has 7 rings (SSSR count). The molecule has 0 radical (unpaired) electrons. The molecule has 0 aliphatic rings. The van der Waals surface area contributed by atoms with Gasteiger partial charge in [-0.1, -0.05) is 18.2 Å². The SMILES string of the molecule is Nc1c(/N=N/c2cc(Nc3nc(Cl)nc(Nc4ccc(S(=O)(=O)CCOS(=O)(=O)O)cc4)n3)ccc2S(=O)(=O)O)c(S(=O)(=O)O)cc2cc(S(=O)(=O)O)c(/N=N/c3ccc4c(S(=O)(=O)O)cccc4c3S(=O)(=O)O)c(O)c12. The van der Waals surface area contributed by atoms with Crippen molar-refractivity contribution in [2.75, 3.05) is 28.7 Å². The number of nitrogens with two attached hydrogens (primary N) is 1. The third-order valence-corrected chi connectivity index (χ3v) is 16.8. The van der Waals surface area contributed by atoms with Crippen LogP contribution in [0.3, 0.4) is 0 Å². The van der Waals surface area contributed by atoms with E-state index in [1.54, 1.807) is 0 Å². The second-order valence-electron chi connectivity index (χ2n) is 15.1. The van der Waals surface area contributed by atoms with E-state index in [1.807, 2.05) is 0 Å². The molecule has 11 N–H and O–H groups in total. The van der Waals surface area contributed by atoms with Gasteiger partial charge in [0, 0.05) is 22.1 Å². The fraction of sp³-hybridized carbons (Fsp3) is 0.0541. The van der Waals surface area contributed by atoms with Crippen molar-refractivity contribution >= 4 is 156 Å². The van der Waals surface area contributed by atoms with Crippen LogP contribution < -0.4 is 16.4 Å². The molecular formula is C37H29ClN10O22S7. The van der Waals surface area contributed by atoms with Gasteiger partial charge in [-0.15, -0.1) is 20.5 Å². The summed E-state index contributed by atoms with van der Waals surface area (Å²) in [6, 6.07) is 12.7. The number of sulfone groups is 1. The molecule has 0 atom stereocenters. The molecule has 77 heavy (non-hydrogen) atoms. The molecule has 0 bridgehead atoms. The van der Waals surface area contributed by atoms with Gasteiger partial charge < -0.3 is 21.5 Å². The first kappa shape index (κ1) is 57.6. The topological polar surface area (TPSA) is 528 Å². The van der Waals surface area contributed by atoms with E-state index in [1.165, 1.54) is 12.1 Å². The van der Waals surface area contributed by atoms with Crippen molar-refractivity contribution in [3.63, 3.8) is 0 Å². The van der Waals surface area contributed by atoms with Crippen molar-refractivity contribution in [3.8, 4) is 5.75 Å². The molecule has 6 aromatic carbocycles. The number of halogens is 1. The van der Waals surface area contributed by atoms with Gasteiger partial charge in [-0.2, -0.15) is 65.5 Å². The number of nitrogens with one attached hydrogen (secondary N) is 2. The van der Waals surface area contributed by atoms with Gasteiger partial charge in [0.1, 0.15) is 47.2 Å². The molecule has 0 aliphatic heterocycles. The number of nitrogens with zero attached hydrogens (tertiary/aromatic N) is 7. The zero-order valence-corrected chi connectivity index (χ0v) is 43.7. The fourth-order valence-electron chi connectivity index (χ4n) is 6.90. The maximum atomic E-state index is 12.8. The summed E-state index contributed by atoms with van der Waals surface area (Å²) in [5.41, 5.74) is 1.16. The number of anilines is 5. The predicted octanol–water partition coefficient (Wildman–Crippen LogP) is 5.26. The van der Waals surface area contributed by atoms with Gasteiger partial charge in [-0.3, -0.25) is 27.3 Å². The van der Waals surface area contributed by atoms with E-state index >= 15 is 0 Å². The fourth-order valence-corrected chi connectivity index (χ4v) is 12.0. The van der Waals surface area contributed by atoms with Crippen molar-refractivity contribution in [2.45, 2.75) is 29.4 Å². The molecule has 0 unspecified atom stereocenters. The minimum Gasteiger partial charge on any atom is -0.505 e. The Morgan fingerprint density at radius 3 is 1.64 bits per heavy atom. The van der Waals surface area contributed by atoms with E-state index in [0.717, 1.165) is 60.7 Å². The van der Waals surface area contributed by atoms with E-state index in [9.17, 15) is 86.8 Å². The van der Waals surface area contributed by atoms with E-state index < -0.39 is 169 Å². The third-order valence-electron chi connectivity index (χ3n) is 10.0. The Bertz CT molecular complexity index is 4540. The van der Waals surface area contributed by atoms with Crippen LogP contribution in [0.2, 0.25) is 5.28 Å². The van der Waals surface area contributed by atoms with Crippen molar-refractivity contribution in [2.24, 2.45) is 20.5 Å². The van der Waals surface area contributed by atoms with Crippen LogP contribution >= 0.6 is 11.6 Å². The molecule has 0 aliphatic carbocycles. The Kier molecular flexibility index (Phi) is 15.5. The molecule has 7 aromatic rings. The number of aromatic nitrogens is 3. The molecule has 408 valence electrons. The number of azo groups is 2. The van der Waals surface area contributed by atoms with Crippen LogP contribution in [0.1, 0.15) is 0 Å². The number of aromatic hydroxyl groups is 1. The van der Waals surface area contributed by atoms with Crippen LogP contribution in [-0.4, -0.2) is 119 Å². The average Bonchev–Trinajstić information content (AvgIpc) is 3.31. The number of hydrogen-bond acceptors (Lipinski definition) is 26. The number of fused-ring (bicyclic) bond motifs is 2. The lowest BCUT2D eigenvalue weighted by Crippen LogP contribution is -2.15. The summed E-state index contributed by atoms with van der Waals surface area (Å²) in [4.78, 5) is 5.95. The summed E-state index contributed by atoms with van der Waals surface area (Å²) >= 11 is 6.10. The van der Waals surface area contributed by atoms with Crippen molar-refractivity contribution < 1.29 is 95.5 Å². The lowest BCUT2D eigenvalue weighted by Gasteiger charge is -2.14. The van der Waals surface area contributed by atoms with E-state index in [2.05, 4.69) is 50.2 Å². The number of benzene rings is 6. The first-order valence-electron chi connectivity index (χ1n) is 19.9. The number of phenols is 1. The zero-order valence-electron chi connectivity index (χ0n) is 37.2. The molecule has 0 saturated carbocycles. The third kappa shape index (κ3) is 13.2. The highest BCUT2D eigenvalue weighted by Crippen LogP contribution is 2.49. The number of hydrogen-bond donors (Lipinski definition) is 10. The predicted molar refractivity (Wildman–Crippen MR) is 265 cm³/mol. The molecule has 0 fully saturated rings. The zero-order chi connectivity index (χ0) is 57.0. The summed E-state index contributed by atoms with van der Waals surface area (Å²) in [7, 11) is -35.8. The van der Waals surface area contributed by atoms with Crippen LogP contribution in [0, 0.1) is 0 Å². The van der Waals surface area contributed by atoms with E-state index in [4.69, 9.17) is 21.9 Å². The Labute approximate surface area is 438 Å². The minimum absolute atomic E-state index is 0.160. The normalized spacial score (nSPS) is 13.2. The van der Waals surface area contributed by atoms with Gasteiger partial charge >= 0.3 is 10.4 Å². The van der Waals surface area contributed by atoms with Crippen LogP contribution in [-0.2, 0) is 75.0 Å². The summed E-state index contributed by atoms with van der Waals surface area (Å²) in [5.74, 6) is -2.88. The summed E-state index contributed by atoms with van der Waals surface area (Å²) in [5, 5.41) is 28.4. The summed E-state index contributed by atoms with van der Waals surface area (Å²) in [6.45, 7) is -0.884.